The highest BCUT2D eigenvalue weighted by Gasteiger charge is 2.14. The molecular weight excluding hydrogens is 470 g/mol. The predicted octanol–water partition coefficient (Wildman–Crippen LogP) is 7.14. The van der Waals surface area contributed by atoms with Crippen LogP contribution in [0, 0.1) is 11.8 Å². The van der Waals surface area contributed by atoms with Gasteiger partial charge in [-0.2, -0.15) is 0 Å². The van der Waals surface area contributed by atoms with E-state index in [1.54, 1.807) is 6.92 Å². The third-order valence-corrected chi connectivity index (χ3v) is 6.01. The molecule has 0 fully saturated rings. The van der Waals surface area contributed by atoms with Gasteiger partial charge >= 0.3 is 17.9 Å². The minimum atomic E-state index is -1.04. The molecule has 0 heterocycles. The van der Waals surface area contributed by atoms with E-state index in [2.05, 4.69) is 39.5 Å². The molecule has 0 radical (unpaired) electrons. The average Bonchev–Trinajstić information content (AvgIpc) is 2.82. The van der Waals surface area contributed by atoms with E-state index < -0.39 is 29.9 Å². The molecule has 212 valence electrons. The SMILES string of the molecule is C/C=C/CCCC(C)C.C=C(CCCC(N)C(=O)O)/C(=C\C(=C/C)CCC(C)C(=O)O)CCCC(=O)O. The van der Waals surface area contributed by atoms with Crippen molar-refractivity contribution < 1.29 is 29.7 Å². The molecule has 0 amide bonds. The lowest BCUT2D eigenvalue weighted by molar-refractivity contribution is -0.141. The monoisotopic (exact) mass is 521 g/mol. The summed E-state index contributed by atoms with van der Waals surface area (Å²) < 4.78 is 0. The Morgan fingerprint density at radius 2 is 1.49 bits per heavy atom. The minimum Gasteiger partial charge on any atom is -0.481 e. The molecule has 0 saturated carbocycles. The Morgan fingerprint density at radius 3 is 1.97 bits per heavy atom. The van der Waals surface area contributed by atoms with Crippen LogP contribution in [0.1, 0.15) is 105 Å². The lowest BCUT2D eigenvalue weighted by atomic mass is 9.92. The molecule has 0 saturated heterocycles. The summed E-state index contributed by atoms with van der Waals surface area (Å²) in [5.41, 5.74) is 8.24. The summed E-state index contributed by atoms with van der Waals surface area (Å²) in [5.74, 6) is -2.31. The number of carboxylic acid groups (broad SMARTS) is 3. The fourth-order valence-electron chi connectivity index (χ4n) is 3.44. The van der Waals surface area contributed by atoms with Crippen molar-refractivity contribution in [1.82, 2.24) is 0 Å². The second-order valence-electron chi connectivity index (χ2n) is 9.89. The molecule has 0 aliphatic carbocycles. The predicted molar refractivity (Wildman–Crippen MR) is 151 cm³/mol. The quantitative estimate of drug-likeness (QED) is 0.0804. The number of aliphatic carboxylic acids is 3. The molecule has 7 nitrogen and oxygen atoms in total. The summed E-state index contributed by atoms with van der Waals surface area (Å²) >= 11 is 0. The zero-order valence-electron chi connectivity index (χ0n) is 23.7. The molecular formula is C30H51NO6. The Balaban J connectivity index is 0. The van der Waals surface area contributed by atoms with E-state index in [1.807, 2.05) is 19.1 Å². The number of hydrogen-bond acceptors (Lipinski definition) is 4. The van der Waals surface area contributed by atoms with E-state index in [4.69, 9.17) is 21.1 Å². The third-order valence-electron chi connectivity index (χ3n) is 6.01. The van der Waals surface area contributed by atoms with Gasteiger partial charge in [0.25, 0.3) is 0 Å². The first-order chi connectivity index (χ1) is 17.3. The van der Waals surface area contributed by atoms with Crippen molar-refractivity contribution in [3.8, 4) is 0 Å². The average molecular weight is 522 g/mol. The molecule has 7 heteroatoms. The van der Waals surface area contributed by atoms with Crippen LogP contribution in [0.4, 0.5) is 0 Å². The zero-order chi connectivity index (χ0) is 28.8. The number of unbranched alkanes of at least 4 members (excludes halogenated alkanes) is 1. The number of rotatable bonds is 19. The Morgan fingerprint density at radius 1 is 0.838 bits per heavy atom. The minimum absolute atomic E-state index is 0.0513. The summed E-state index contributed by atoms with van der Waals surface area (Å²) in [4.78, 5) is 32.6. The fourth-order valence-corrected chi connectivity index (χ4v) is 3.44. The van der Waals surface area contributed by atoms with E-state index in [1.165, 1.54) is 19.3 Å². The maximum atomic E-state index is 11.0. The van der Waals surface area contributed by atoms with Crippen LogP contribution >= 0.6 is 0 Å². The van der Waals surface area contributed by atoms with Crippen LogP contribution in [0.3, 0.4) is 0 Å². The van der Waals surface area contributed by atoms with Crippen LogP contribution < -0.4 is 5.73 Å². The van der Waals surface area contributed by atoms with Gasteiger partial charge in [-0.15, -0.1) is 0 Å². The molecule has 0 aliphatic rings. The smallest absolute Gasteiger partial charge is 0.320 e. The number of hydrogen-bond donors (Lipinski definition) is 4. The van der Waals surface area contributed by atoms with Crippen molar-refractivity contribution in [2.24, 2.45) is 17.6 Å². The Hall–Kier alpha value is -2.67. The van der Waals surface area contributed by atoms with E-state index >= 15 is 0 Å². The first-order valence-electron chi connectivity index (χ1n) is 13.4. The Kier molecular flexibility index (Phi) is 22.2. The first-order valence-corrected chi connectivity index (χ1v) is 13.4. The van der Waals surface area contributed by atoms with Crippen molar-refractivity contribution in [3.05, 3.63) is 47.6 Å². The standard InChI is InChI=1S/C21H33NO6.C9H18/c1-4-16(12-11-15(3)20(25)26)13-17(8-6-10-19(23)24)14(2)7-5-9-18(22)21(27)28;1-4-5-6-7-8-9(2)3/h4,13,15,18H,2,5-12,22H2,1,3H3,(H,23,24)(H,25,26)(H,27,28);4-5,9H,6-8H2,1-3H3/b16-4-,17-13-;5-4+. The second kappa shape index (κ2) is 22.5. The van der Waals surface area contributed by atoms with Gasteiger partial charge in [0, 0.05) is 6.42 Å². The second-order valence-corrected chi connectivity index (χ2v) is 9.89. The normalized spacial score (nSPS) is 13.7. The van der Waals surface area contributed by atoms with E-state index in [9.17, 15) is 14.4 Å². The lowest BCUT2D eigenvalue weighted by Crippen LogP contribution is -2.29. The Bertz CT molecular complexity index is 779. The van der Waals surface area contributed by atoms with Gasteiger partial charge in [-0.05, 0) is 83.1 Å². The largest absolute Gasteiger partial charge is 0.481 e. The molecule has 2 unspecified atom stereocenters. The first kappa shape index (κ1) is 36.5. The number of carboxylic acids is 3. The van der Waals surface area contributed by atoms with Crippen molar-refractivity contribution >= 4 is 17.9 Å². The summed E-state index contributed by atoms with van der Waals surface area (Å²) in [7, 11) is 0. The van der Waals surface area contributed by atoms with Crippen LogP contribution in [0.5, 0.6) is 0 Å². The highest BCUT2D eigenvalue weighted by molar-refractivity contribution is 5.73. The molecule has 37 heavy (non-hydrogen) atoms. The van der Waals surface area contributed by atoms with Crippen LogP contribution in [0.15, 0.2) is 47.6 Å². The maximum Gasteiger partial charge on any atom is 0.320 e. The molecule has 0 aliphatic heterocycles. The molecule has 0 spiro atoms. The van der Waals surface area contributed by atoms with Gasteiger partial charge < -0.3 is 21.1 Å². The van der Waals surface area contributed by atoms with Gasteiger partial charge in [-0.25, -0.2) is 0 Å². The van der Waals surface area contributed by atoms with Gasteiger partial charge in [0.05, 0.1) is 5.92 Å². The summed E-state index contributed by atoms with van der Waals surface area (Å²) in [5, 5.41) is 26.8. The van der Waals surface area contributed by atoms with E-state index in [-0.39, 0.29) is 6.42 Å². The molecule has 0 aromatic carbocycles. The van der Waals surface area contributed by atoms with Crippen molar-refractivity contribution in [2.45, 2.75) is 111 Å². The summed E-state index contributed by atoms with van der Waals surface area (Å²) in [6, 6.07) is -0.907. The molecule has 0 aromatic rings. The van der Waals surface area contributed by atoms with Gasteiger partial charge in [-0.1, -0.05) is 69.2 Å². The molecule has 0 bridgehead atoms. The maximum absolute atomic E-state index is 11.0. The van der Waals surface area contributed by atoms with Crippen molar-refractivity contribution in [1.29, 1.82) is 0 Å². The lowest BCUT2D eigenvalue weighted by Gasteiger charge is -2.14. The van der Waals surface area contributed by atoms with Gasteiger partial charge in [0.2, 0.25) is 0 Å². The Labute approximate surface area is 224 Å². The third kappa shape index (κ3) is 22.3. The number of nitrogens with two attached hydrogens (primary N) is 1. The zero-order valence-corrected chi connectivity index (χ0v) is 23.7. The molecule has 0 rings (SSSR count). The summed E-state index contributed by atoms with van der Waals surface area (Å²) in [6.07, 6.45) is 15.9. The van der Waals surface area contributed by atoms with Gasteiger partial charge in [0.1, 0.15) is 6.04 Å². The van der Waals surface area contributed by atoms with Gasteiger partial charge in [0.15, 0.2) is 0 Å². The highest BCUT2D eigenvalue weighted by Crippen LogP contribution is 2.25. The number of allylic oxidation sites excluding steroid dienone is 7. The van der Waals surface area contributed by atoms with E-state index in [0.717, 1.165) is 22.6 Å². The van der Waals surface area contributed by atoms with E-state index in [0.29, 0.717) is 44.9 Å². The van der Waals surface area contributed by atoms with Crippen molar-refractivity contribution in [3.63, 3.8) is 0 Å². The number of carbonyl (C=O) groups is 3. The molecule has 5 N–H and O–H groups in total. The van der Waals surface area contributed by atoms with Crippen LogP contribution in [0.25, 0.3) is 0 Å². The van der Waals surface area contributed by atoms with Crippen LogP contribution in [0.2, 0.25) is 0 Å². The highest BCUT2D eigenvalue weighted by atomic mass is 16.4. The molecule has 2 atom stereocenters. The molecule has 0 aromatic heterocycles. The van der Waals surface area contributed by atoms with Crippen molar-refractivity contribution in [2.75, 3.05) is 0 Å². The topological polar surface area (TPSA) is 138 Å². The fraction of sp³-hybridized carbons (Fsp3) is 0.633. The van der Waals surface area contributed by atoms with Crippen LogP contribution in [-0.4, -0.2) is 39.3 Å². The van der Waals surface area contributed by atoms with Crippen LogP contribution in [-0.2, 0) is 14.4 Å². The summed E-state index contributed by atoms with van der Waals surface area (Å²) in [6.45, 7) is 14.2. The van der Waals surface area contributed by atoms with Gasteiger partial charge in [-0.3, -0.25) is 14.4 Å².